The molecule has 0 atom stereocenters. The lowest BCUT2D eigenvalue weighted by Crippen LogP contribution is -1.96. The fourth-order valence-corrected chi connectivity index (χ4v) is 4.49. The van der Waals surface area contributed by atoms with Gasteiger partial charge in [0.15, 0.2) is 0 Å². The standard InChI is InChI=1S/C31H24N8O6S/c32-26-16-27(33)29(39-36-22-9-12-24(13-10-22)46(43,44)45)17-28(26)38-35-21-7-3-19(4-8-21)18-1-5-20(6-2-18)34-37-23-11-14-25(31(41)42)30(40)15-23/h1-17,40H,32-33H2,(H,41,42)(H,43,44,45). The van der Waals surface area contributed by atoms with Gasteiger partial charge in [-0.15, -0.1) is 10.2 Å². The topological polar surface area (TPSA) is 238 Å². The van der Waals surface area contributed by atoms with Gasteiger partial charge in [-0.3, -0.25) is 4.55 Å². The summed E-state index contributed by atoms with van der Waals surface area (Å²) in [5.41, 5.74) is 16.6. The fourth-order valence-electron chi connectivity index (χ4n) is 4.01. The van der Waals surface area contributed by atoms with Crippen molar-refractivity contribution in [1.82, 2.24) is 0 Å². The first-order valence-corrected chi connectivity index (χ1v) is 14.7. The maximum Gasteiger partial charge on any atom is 0.339 e. The van der Waals surface area contributed by atoms with Crippen LogP contribution >= 0.6 is 0 Å². The summed E-state index contributed by atoms with van der Waals surface area (Å²) in [6, 6.07) is 26.7. The molecule has 0 amide bonds. The number of nitrogen functional groups attached to an aromatic ring is 2. The van der Waals surface area contributed by atoms with Gasteiger partial charge >= 0.3 is 5.97 Å². The molecule has 0 heterocycles. The average molecular weight is 637 g/mol. The first-order chi connectivity index (χ1) is 22.0. The van der Waals surface area contributed by atoms with E-state index in [9.17, 15) is 18.3 Å². The van der Waals surface area contributed by atoms with Gasteiger partial charge in [-0.25, -0.2) is 4.79 Å². The first-order valence-electron chi connectivity index (χ1n) is 13.2. The lowest BCUT2D eigenvalue weighted by molar-refractivity contribution is 0.0693. The number of carbonyl (C=O) groups is 1. The number of hydrogen-bond donors (Lipinski definition) is 5. The molecule has 5 aromatic rings. The lowest BCUT2D eigenvalue weighted by atomic mass is 10.1. The number of nitrogens with two attached hydrogens (primary N) is 2. The predicted octanol–water partition coefficient (Wildman–Crippen LogP) is 8.41. The molecule has 46 heavy (non-hydrogen) atoms. The molecule has 0 saturated carbocycles. The van der Waals surface area contributed by atoms with Crippen molar-refractivity contribution in [2.75, 3.05) is 11.5 Å². The zero-order valence-corrected chi connectivity index (χ0v) is 24.4. The molecule has 0 aliphatic rings. The summed E-state index contributed by atoms with van der Waals surface area (Å²) in [5.74, 6) is -1.63. The maximum atomic E-state index is 11.2. The highest BCUT2D eigenvalue weighted by Crippen LogP contribution is 2.36. The van der Waals surface area contributed by atoms with Crippen LogP contribution in [-0.2, 0) is 10.1 Å². The second kappa shape index (κ2) is 13.1. The van der Waals surface area contributed by atoms with Crippen molar-refractivity contribution < 1.29 is 28.0 Å². The molecule has 0 saturated heterocycles. The van der Waals surface area contributed by atoms with E-state index in [4.69, 9.17) is 21.1 Å². The number of hydrogen-bond acceptors (Lipinski definition) is 12. The number of carboxylic acids is 1. The molecular weight excluding hydrogens is 612 g/mol. The third kappa shape index (κ3) is 7.60. The molecule has 230 valence electrons. The fraction of sp³-hybridized carbons (Fsp3) is 0. The van der Waals surface area contributed by atoms with Gasteiger partial charge in [0.05, 0.1) is 39.0 Å². The minimum Gasteiger partial charge on any atom is -0.507 e. The molecule has 15 heteroatoms. The van der Waals surface area contributed by atoms with Crippen LogP contribution < -0.4 is 11.5 Å². The van der Waals surface area contributed by atoms with Crippen LogP contribution in [-0.4, -0.2) is 29.2 Å². The lowest BCUT2D eigenvalue weighted by Gasteiger charge is -2.05. The molecular formula is C31H24N8O6S. The van der Waals surface area contributed by atoms with E-state index in [1.54, 1.807) is 24.3 Å². The van der Waals surface area contributed by atoms with E-state index in [0.717, 1.165) is 11.1 Å². The summed E-state index contributed by atoms with van der Waals surface area (Å²) < 4.78 is 31.5. The Balaban J connectivity index is 1.25. The van der Waals surface area contributed by atoms with Crippen LogP contribution in [0.1, 0.15) is 10.4 Å². The van der Waals surface area contributed by atoms with Crippen molar-refractivity contribution in [3.63, 3.8) is 0 Å². The number of aromatic hydroxyl groups is 1. The van der Waals surface area contributed by atoms with E-state index < -0.39 is 21.8 Å². The Morgan fingerprint density at radius 1 is 0.565 bits per heavy atom. The Morgan fingerprint density at radius 3 is 1.41 bits per heavy atom. The Kier molecular flexibility index (Phi) is 8.88. The van der Waals surface area contributed by atoms with Gasteiger partial charge in [0.1, 0.15) is 22.7 Å². The second-order valence-electron chi connectivity index (χ2n) is 9.64. The summed E-state index contributed by atoms with van der Waals surface area (Å²) in [5, 5.41) is 43.6. The Bertz CT molecular complexity index is 2120. The van der Waals surface area contributed by atoms with E-state index in [1.807, 2.05) is 24.3 Å². The highest BCUT2D eigenvalue weighted by Gasteiger charge is 2.10. The van der Waals surface area contributed by atoms with E-state index in [0.29, 0.717) is 28.4 Å². The largest absolute Gasteiger partial charge is 0.507 e. The molecule has 0 bridgehead atoms. The van der Waals surface area contributed by atoms with Crippen molar-refractivity contribution in [3.05, 3.63) is 109 Å². The number of anilines is 2. The Labute approximate surface area is 261 Å². The van der Waals surface area contributed by atoms with Gasteiger partial charge in [-0.2, -0.15) is 28.9 Å². The van der Waals surface area contributed by atoms with Crippen molar-refractivity contribution >= 4 is 61.6 Å². The van der Waals surface area contributed by atoms with E-state index in [2.05, 4.69) is 30.7 Å². The van der Waals surface area contributed by atoms with Gasteiger partial charge in [0.25, 0.3) is 10.1 Å². The minimum atomic E-state index is -4.32. The maximum absolute atomic E-state index is 11.2. The van der Waals surface area contributed by atoms with Crippen LogP contribution in [0, 0.1) is 0 Å². The number of phenols is 1. The molecule has 5 rings (SSSR count). The summed E-state index contributed by atoms with van der Waals surface area (Å²) in [6.07, 6.45) is 0. The molecule has 0 spiro atoms. The number of carboxylic acid groups (broad SMARTS) is 1. The predicted molar refractivity (Wildman–Crippen MR) is 171 cm³/mol. The third-order valence-electron chi connectivity index (χ3n) is 6.42. The van der Waals surface area contributed by atoms with Crippen LogP contribution in [0.2, 0.25) is 0 Å². The molecule has 0 aromatic heterocycles. The molecule has 0 aliphatic carbocycles. The monoisotopic (exact) mass is 636 g/mol. The second-order valence-corrected chi connectivity index (χ2v) is 11.1. The molecule has 14 nitrogen and oxygen atoms in total. The SMILES string of the molecule is Nc1cc(N)c(N=Nc2ccc(S(=O)(=O)O)cc2)cc1N=Nc1ccc(-c2ccc(N=Nc3ccc(C(=O)O)c(O)c3)cc2)cc1. The molecule has 0 unspecified atom stereocenters. The zero-order valence-electron chi connectivity index (χ0n) is 23.6. The molecule has 0 radical (unpaired) electrons. The summed E-state index contributed by atoms with van der Waals surface area (Å²) >= 11 is 0. The molecule has 5 aromatic carbocycles. The quantitative estimate of drug-likeness (QED) is 0.0596. The van der Waals surface area contributed by atoms with Gasteiger partial charge in [0.2, 0.25) is 0 Å². The number of nitrogens with zero attached hydrogens (tertiary/aromatic N) is 6. The van der Waals surface area contributed by atoms with Crippen LogP contribution in [0.5, 0.6) is 5.75 Å². The summed E-state index contributed by atoms with van der Waals surface area (Å²) in [4.78, 5) is 10.8. The van der Waals surface area contributed by atoms with Crippen molar-refractivity contribution in [3.8, 4) is 16.9 Å². The summed E-state index contributed by atoms with van der Waals surface area (Å²) in [6.45, 7) is 0. The van der Waals surface area contributed by atoms with Crippen LogP contribution in [0.15, 0.2) is 139 Å². The van der Waals surface area contributed by atoms with Gasteiger partial charge in [-0.1, -0.05) is 24.3 Å². The highest BCUT2D eigenvalue weighted by atomic mass is 32.2. The van der Waals surface area contributed by atoms with Crippen molar-refractivity contribution in [1.29, 1.82) is 0 Å². The van der Waals surface area contributed by atoms with Gasteiger partial charge < -0.3 is 21.7 Å². The summed E-state index contributed by atoms with van der Waals surface area (Å²) in [7, 11) is -4.32. The Hall–Kier alpha value is -6.32. The van der Waals surface area contributed by atoms with E-state index in [1.165, 1.54) is 54.6 Å². The van der Waals surface area contributed by atoms with E-state index in [-0.39, 0.29) is 27.5 Å². The average Bonchev–Trinajstić information content (AvgIpc) is 3.03. The molecule has 0 fully saturated rings. The zero-order chi connectivity index (χ0) is 32.8. The normalized spacial score (nSPS) is 11.9. The molecule has 0 aliphatic heterocycles. The minimum absolute atomic E-state index is 0.217. The van der Waals surface area contributed by atoms with Crippen molar-refractivity contribution in [2.24, 2.45) is 30.7 Å². The van der Waals surface area contributed by atoms with Gasteiger partial charge in [0, 0.05) is 6.07 Å². The number of azo groups is 3. The highest BCUT2D eigenvalue weighted by molar-refractivity contribution is 7.85. The van der Waals surface area contributed by atoms with Crippen LogP contribution in [0.3, 0.4) is 0 Å². The Morgan fingerprint density at radius 2 is 0.978 bits per heavy atom. The van der Waals surface area contributed by atoms with E-state index >= 15 is 0 Å². The van der Waals surface area contributed by atoms with Crippen molar-refractivity contribution in [2.45, 2.75) is 4.90 Å². The third-order valence-corrected chi connectivity index (χ3v) is 7.29. The van der Waals surface area contributed by atoms with Gasteiger partial charge in [-0.05, 0) is 83.9 Å². The first kappa shape index (κ1) is 31.1. The number of benzene rings is 5. The number of aromatic carboxylic acids is 1. The molecule has 7 N–H and O–H groups in total. The number of rotatable bonds is 9. The van der Waals surface area contributed by atoms with Crippen LogP contribution in [0.4, 0.5) is 45.5 Å². The van der Waals surface area contributed by atoms with Crippen LogP contribution in [0.25, 0.3) is 11.1 Å². The smallest absolute Gasteiger partial charge is 0.339 e.